The van der Waals surface area contributed by atoms with Crippen LogP contribution in [0, 0.1) is 0 Å². The van der Waals surface area contributed by atoms with E-state index in [1.807, 2.05) is 24.3 Å². The van der Waals surface area contributed by atoms with E-state index in [0.29, 0.717) is 19.6 Å². The van der Waals surface area contributed by atoms with Crippen LogP contribution in [0.15, 0.2) is 24.3 Å². The van der Waals surface area contributed by atoms with Crippen molar-refractivity contribution in [2.75, 3.05) is 41.0 Å². The molecule has 1 aromatic carbocycles. The van der Waals surface area contributed by atoms with Gasteiger partial charge in [-0.05, 0) is 24.1 Å². The van der Waals surface area contributed by atoms with Crippen molar-refractivity contribution in [1.29, 1.82) is 0 Å². The van der Waals surface area contributed by atoms with Gasteiger partial charge in [0.2, 0.25) is 11.8 Å². The minimum absolute atomic E-state index is 0.0219. The lowest BCUT2D eigenvalue weighted by atomic mass is 10.0. The zero-order valence-electron chi connectivity index (χ0n) is 15.0. The van der Waals surface area contributed by atoms with Crippen LogP contribution < -0.4 is 10.1 Å². The fourth-order valence-corrected chi connectivity index (χ4v) is 2.54. The smallest absolute Gasteiger partial charge is 0.248 e. The monoisotopic (exact) mass is 350 g/mol. The van der Waals surface area contributed by atoms with Crippen molar-refractivity contribution in [2.24, 2.45) is 0 Å². The van der Waals surface area contributed by atoms with Crippen LogP contribution in [0.25, 0.3) is 0 Å². The summed E-state index contributed by atoms with van der Waals surface area (Å²) < 4.78 is 16.2. The van der Waals surface area contributed by atoms with Gasteiger partial charge in [0.1, 0.15) is 18.5 Å². The maximum absolute atomic E-state index is 12.3. The van der Waals surface area contributed by atoms with Crippen LogP contribution in [0.3, 0.4) is 0 Å². The lowest BCUT2D eigenvalue weighted by Crippen LogP contribution is -2.51. The van der Waals surface area contributed by atoms with Crippen molar-refractivity contribution < 1.29 is 23.8 Å². The zero-order chi connectivity index (χ0) is 18.2. The predicted octanol–water partition coefficient (Wildman–Crippen LogP) is 0.616. The summed E-state index contributed by atoms with van der Waals surface area (Å²) in [5, 5.41) is 3.00. The summed E-state index contributed by atoms with van der Waals surface area (Å²) in [5.74, 6) is 0.561. The molecular weight excluding hydrogens is 324 g/mol. The number of nitrogens with zero attached hydrogens (tertiary/aromatic N) is 1. The van der Waals surface area contributed by atoms with Crippen LogP contribution in [0.2, 0.25) is 0 Å². The van der Waals surface area contributed by atoms with Gasteiger partial charge in [0.15, 0.2) is 0 Å². The molecule has 2 rings (SSSR count). The van der Waals surface area contributed by atoms with E-state index in [4.69, 9.17) is 14.2 Å². The van der Waals surface area contributed by atoms with E-state index in [1.54, 1.807) is 21.2 Å². The van der Waals surface area contributed by atoms with Gasteiger partial charge in [0.05, 0.1) is 26.2 Å². The first-order valence-corrected chi connectivity index (χ1v) is 8.31. The second-order valence-electron chi connectivity index (χ2n) is 6.20. The van der Waals surface area contributed by atoms with Gasteiger partial charge in [-0.15, -0.1) is 0 Å². The van der Waals surface area contributed by atoms with E-state index in [2.05, 4.69) is 5.32 Å². The molecule has 7 heteroatoms. The molecule has 0 spiro atoms. The Kier molecular flexibility index (Phi) is 7.21. The Bertz CT molecular complexity index is 573. The van der Waals surface area contributed by atoms with Gasteiger partial charge in [-0.1, -0.05) is 12.1 Å². The van der Waals surface area contributed by atoms with Crippen LogP contribution in [0.4, 0.5) is 0 Å². The largest absolute Gasteiger partial charge is 0.497 e. The minimum atomic E-state index is -0.322. The minimum Gasteiger partial charge on any atom is -0.497 e. The van der Waals surface area contributed by atoms with Crippen molar-refractivity contribution in [1.82, 2.24) is 10.2 Å². The summed E-state index contributed by atoms with van der Waals surface area (Å²) in [5.41, 5.74) is 0.908. The molecule has 1 aliphatic heterocycles. The molecule has 7 nitrogen and oxygen atoms in total. The maximum Gasteiger partial charge on any atom is 0.248 e. The molecule has 2 amide bonds. The molecule has 25 heavy (non-hydrogen) atoms. The van der Waals surface area contributed by atoms with Gasteiger partial charge < -0.3 is 24.4 Å². The highest BCUT2D eigenvalue weighted by atomic mass is 16.5. The van der Waals surface area contributed by atoms with E-state index in [-0.39, 0.29) is 37.0 Å². The van der Waals surface area contributed by atoms with Crippen LogP contribution in [0.5, 0.6) is 5.75 Å². The van der Waals surface area contributed by atoms with E-state index >= 15 is 0 Å². The Hall–Kier alpha value is -2.12. The Morgan fingerprint density at radius 2 is 2.00 bits per heavy atom. The lowest BCUT2D eigenvalue weighted by molar-refractivity contribution is -0.141. The van der Waals surface area contributed by atoms with Crippen LogP contribution >= 0.6 is 0 Å². The van der Waals surface area contributed by atoms with Crippen LogP contribution in [-0.2, 0) is 25.5 Å². The molecule has 2 atom stereocenters. The van der Waals surface area contributed by atoms with Gasteiger partial charge in [-0.2, -0.15) is 0 Å². The number of methoxy groups -OCH3 is 1. The highest BCUT2D eigenvalue weighted by molar-refractivity contribution is 5.79. The van der Waals surface area contributed by atoms with Gasteiger partial charge in [0.25, 0.3) is 0 Å². The molecule has 0 saturated carbocycles. The Balaban J connectivity index is 1.86. The fourth-order valence-electron chi connectivity index (χ4n) is 2.54. The second-order valence-corrected chi connectivity index (χ2v) is 6.20. The van der Waals surface area contributed by atoms with Crippen molar-refractivity contribution in [3.8, 4) is 5.75 Å². The summed E-state index contributed by atoms with van der Waals surface area (Å²) >= 11 is 0. The van der Waals surface area contributed by atoms with Crippen molar-refractivity contribution in [2.45, 2.75) is 25.0 Å². The molecule has 1 N–H and O–H groups in total. The second kappa shape index (κ2) is 9.39. The molecule has 0 aliphatic carbocycles. The number of hydrogen-bond acceptors (Lipinski definition) is 5. The maximum atomic E-state index is 12.3. The molecule has 0 bridgehead atoms. The van der Waals surface area contributed by atoms with Gasteiger partial charge in [0, 0.05) is 20.7 Å². The molecule has 1 heterocycles. The van der Waals surface area contributed by atoms with E-state index in [1.165, 1.54) is 4.90 Å². The first-order valence-electron chi connectivity index (χ1n) is 8.31. The summed E-state index contributed by atoms with van der Waals surface area (Å²) in [4.78, 5) is 25.5. The Labute approximate surface area is 148 Å². The number of rotatable bonds is 7. The van der Waals surface area contributed by atoms with Crippen molar-refractivity contribution >= 4 is 11.8 Å². The third kappa shape index (κ3) is 6.03. The number of nitrogens with one attached hydrogen (secondary N) is 1. The van der Waals surface area contributed by atoms with Crippen LogP contribution in [0.1, 0.15) is 12.0 Å². The number of carbonyl (C=O) groups excluding carboxylic acids is 2. The third-order valence-electron chi connectivity index (χ3n) is 4.09. The Morgan fingerprint density at radius 3 is 2.64 bits per heavy atom. The van der Waals surface area contributed by atoms with Gasteiger partial charge in [-0.3, -0.25) is 9.59 Å². The number of hydrogen-bond donors (Lipinski definition) is 1. The Morgan fingerprint density at radius 1 is 1.28 bits per heavy atom. The van der Waals surface area contributed by atoms with E-state index in [0.717, 1.165) is 11.3 Å². The molecule has 138 valence electrons. The molecular formula is C18H26N2O5. The molecule has 1 aliphatic rings. The van der Waals surface area contributed by atoms with Crippen LogP contribution in [-0.4, -0.2) is 69.9 Å². The number of likely N-dealkylation sites (N-methyl/N-ethyl adjacent to an activating group) is 1. The standard InChI is InChI=1S/C18H26N2O5/c1-20(2)18(22)12-25-16-11-24-9-8-15(16)19-17(21)10-13-4-6-14(23-3)7-5-13/h4-7,15-16H,8-12H2,1-3H3,(H,19,21)/t15-,16-/m1/s1. The number of carbonyl (C=O) groups is 2. The number of amides is 2. The summed E-state index contributed by atoms with van der Waals surface area (Å²) in [6, 6.07) is 7.23. The highest BCUT2D eigenvalue weighted by Gasteiger charge is 2.28. The molecule has 1 saturated heterocycles. The molecule has 0 aromatic heterocycles. The fraction of sp³-hybridized carbons (Fsp3) is 0.556. The third-order valence-corrected chi connectivity index (χ3v) is 4.09. The first-order chi connectivity index (χ1) is 12.0. The summed E-state index contributed by atoms with van der Waals surface area (Å²) in [6.45, 7) is 0.912. The summed E-state index contributed by atoms with van der Waals surface area (Å²) in [6.07, 6.45) is 0.623. The predicted molar refractivity (Wildman–Crippen MR) is 92.5 cm³/mol. The zero-order valence-corrected chi connectivity index (χ0v) is 15.0. The molecule has 0 radical (unpaired) electrons. The van der Waals surface area contributed by atoms with Crippen molar-refractivity contribution in [3.05, 3.63) is 29.8 Å². The average molecular weight is 350 g/mol. The van der Waals surface area contributed by atoms with Crippen molar-refractivity contribution in [3.63, 3.8) is 0 Å². The molecule has 1 fully saturated rings. The average Bonchev–Trinajstić information content (AvgIpc) is 2.61. The van der Waals surface area contributed by atoms with Gasteiger partial charge in [-0.25, -0.2) is 0 Å². The number of benzene rings is 1. The quantitative estimate of drug-likeness (QED) is 0.780. The molecule has 1 aromatic rings. The van der Waals surface area contributed by atoms with E-state index in [9.17, 15) is 9.59 Å². The highest BCUT2D eigenvalue weighted by Crippen LogP contribution is 2.14. The lowest BCUT2D eigenvalue weighted by Gasteiger charge is -2.32. The molecule has 0 unspecified atom stereocenters. The topological polar surface area (TPSA) is 77.1 Å². The van der Waals surface area contributed by atoms with Gasteiger partial charge >= 0.3 is 0 Å². The first kappa shape index (κ1) is 19.2. The SMILES string of the molecule is COc1ccc(CC(=O)N[C@@H]2CCOC[C@H]2OCC(=O)N(C)C)cc1. The summed E-state index contributed by atoms with van der Waals surface area (Å²) in [7, 11) is 4.96. The normalized spacial score (nSPS) is 20.0. The number of ether oxygens (including phenoxy) is 3. The van der Waals surface area contributed by atoms with E-state index < -0.39 is 0 Å².